The summed E-state index contributed by atoms with van der Waals surface area (Å²) in [6.45, 7) is 5.88. The lowest BCUT2D eigenvalue weighted by atomic mass is 10.1. The molecule has 0 aromatic carbocycles. The highest BCUT2D eigenvalue weighted by molar-refractivity contribution is 7.53. The van der Waals surface area contributed by atoms with Crippen LogP contribution in [0.3, 0.4) is 0 Å². The van der Waals surface area contributed by atoms with Gasteiger partial charge in [0.25, 0.3) is 5.56 Å². The average molecular weight is 450 g/mol. The molecular weight excluding hydrogens is 419 g/mol. The van der Waals surface area contributed by atoms with Crippen molar-refractivity contribution in [1.29, 1.82) is 0 Å². The second kappa shape index (κ2) is 11.3. The first-order valence-electron chi connectivity index (χ1n) is 9.90. The van der Waals surface area contributed by atoms with Crippen molar-refractivity contribution < 1.29 is 32.9 Å². The first-order chi connectivity index (χ1) is 14.3. The van der Waals surface area contributed by atoms with E-state index in [2.05, 4.69) is 4.98 Å². The highest BCUT2D eigenvalue weighted by Gasteiger charge is 2.46. The molecule has 1 saturated heterocycles. The quantitative estimate of drug-likeness (QED) is 0.350. The van der Waals surface area contributed by atoms with Crippen LogP contribution in [0.25, 0.3) is 0 Å². The molecule has 2 rings (SSSR count). The smallest absolute Gasteiger partial charge is 0.330 e. The number of aliphatic hydroxyl groups is 1. The van der Waals surface area contributed by atoms with Crippen LogP contribution >= 0.6 is 7.60 Å². The number of methoxy groups -OCH3 is 1. The molecular formula is C18H31N2O9P. The van der Waals surface area contributed by atoms with Gasteiger partial charge in [0.2, 0.25) is 0 Å². The van der Waals surface area contributed by atoms with Crippen LogP contribution in [0.15, 0.2) is 15.8 Å². The maximum Gasteiger partial charge on any atom is 0.330 e. The summed E-state index contributed by atoms with van der Waals surface area (Å²) in [5.41, 5.74) is -0.875. The van der Waals surface area contributed by atoms with E-state index in [4.69, 9.17) is 23.3 Å². The van der Waals surface area contributed by atoms with E-state index in [0.29, 0.717) is 5.56 Å². The van der Waals surface area contributed by atoms with E-state index in [0.717, 1.165) is 0 Å². The monoisotopic (exact) mass is 450 g/mol. The average Bonchev–Trinajstić information content (AvgIpc) is 2.99. The molecule has 11 nitrogen and oxygen atoms in total. The summed E-state index contributed by atoms with van der Waals surface area (Å²) in [6, 6.07) is 0. The summed E-state index contributed by atoms with van der Waals surface area (Å²) in [6.07, 6.45) is -2.21. The zero-order valence-corrected chi connectivity index (χ0v) is 18.6. The number of aryl methyl sites for hydroxylation is 1. The highest BCUT2D eigenvalue weighted by atomic mass is 31.2. The summed E-state index contributed by atoms with van der Waals surface area (Å²) in [5, 5.41) is 10.8. The Morgan fingerprint density at radius 3 is 2.50 bits per heavy atom. The Kier molecular flexibility index (Phi) is 9.42. The molecule has 1 aliphatic heterocycles. The molecule has 0 radical (unpaired) electrons. The van der Waals surface area contributed by atoms with E-state index in [1.807, 2.05) is 0 Å². The Morgan fingerprint density at radius 1 is 1.23 bits per heavy atom. The summed E-state index contributed by atoms with van der Waals surface area (Å²) >= 11 is 0. The number of hydrogen-bond donors (Lipinski definition) is 2. The van der Waals surface area contributed by atoms with Gasteiger partial charge in [-0.05, 0) is 27.2 Å². The summed E-state index contributed by atoms with van der Waals surface area (Å²) in [7, 11) is -1.81. The van der Waals surface area contributed by atoms with Gasteiger partial charge in [0, 0.05) is 18.9 Å². The first-order valence-corrected chi connectivity index (χ1v) is 11.6. The number of aliphatic hydroxyl groups excluding tert-OH is 1. The molecule has 0 amide bonds. The third kappa shape index (κ3) is 6.10. The molecule has 1 aromatic rings. The van der Waals surface area contributed by atoms with Crippen molar-refractivity contribution in [2.24, 2.45) is 0 Å². The van der Waals surface area contributed by atoms with E-state index in [-0.39, 0.29) is 39.0 Å². The van der Waals surface area contributed by atoms with Crippen molar-refractivity contribution in [1.82, 2.24) is 9.55 Å². The normalized spacial score (nSPS) is 24.4. The van der Waals surface area contributed by atoms with Gasteiger partial charge in [-0.1, -0.05) is 0 Å². The van der Waals surface area contributed by atoms with Gasteiger partial charge in [-0.15, -0.1) is 0 Å². The first kappa shape index (κ1) is 24.9. The van der Waals surface area contributed by atoms with E-state index < -0.39 is 43.4 Å². The Hall–Kier alpha value is -1.33. The van der Waals surface area contributed by atoms with Crippen molar-refractivity contribution in [3.05, 3.63) is 32.6 Å². The zero-order valence-electron chi connectivity index (χ0n) is 17.7. The van der Waals surface area contributed by atoms with Gasteiger partial charge < -0.3 is 28.4 Å². The molecule has 1 fully saturated rings. The second-order valence-corrected chi connectivity index (χ2v) is 9.01. The largest absolute Gasteiger partial charge is 0.388 e. The second-order valence-electron chi connectivity index (χ2n) is 6.82. The lowest BCUT2D eigenvalue weighted by molar-refractivity contribution is -0.0798. The van der Waals surface area contributed by atoms with Gasteiger partial charge in [0.1, 0.15) is 12.2 Å². The third-order valence-electron chi connectivity index (χ3n) is 4.67. The maximum atomic E-state index is 12.7. The number of H-pyrrole nitrogens is 1. The van der Waals surface area contributed by atoms with Gasteiger partial charge in [0.15, 0.2) is 6.23 Å². The number of aromatic amines is 1. The Bertz CT molecular complexity index is 830. The Morgan fingerprint density at radius 2 is 1.90 bits per heavy atom. The fourth-order valence-corrected chi connectivity index (χ4v) is 4.94. The number of aromatic nitrogens is 2. The Labute approximate surface area is 174 Å². The van der Waals surface area contributed by atoms with Crippen molar-refractivity contribution in [2.75, 3.05) is 39.7 Å². The van der Waals surface area contributed by atoms with Gasteiger partial charge in [0.05, 0.1) is 38.7 Å². The van der Waals surface area contributed by atoms with Crippen LogP contribution in [-0.2, 0) is 27.8 Å². The maximum absolute atomic E-state index is 12.7. The third-order valence-corrected chi connectivity index (χ3v) is 6.78. The summed E-state index contributed by atoms with van der Waals surface area (Å²) in [4.78, 5) is 26.3. The number of nitrogens with one attached hydrogen (secondary N) is 1. The molecule has 2 N–H and O–H groups in total. The number of hydrogen-bond acceptors (Lipinski definition) is 9. The molecule has 1 aromatic heterocycles. The van der Waals surface area contributed by atoms with Gasteiger partial charge >= 0.3 is 13.3 Å². The molecule has 0 saturated carbocycles. The Balaban J connectivity index is 2.24. The molecule has 0 aliphatic carbocycles. The summed E-state index contributed by atoms with van der Waals surface area (Å²) in [5.74, 6) is 0. The lowest BCUT2D eigenvalue weighted by Gasteiger charge is -2.22. The van der Waals surface area contributed by atoms with Crippen molar-refractivity contribution >= 4 is 7.60 Å². The van der Waals surface area contributed by atoms with Gasteiger partial charge in [-0.25, -0.2) is 4.79 Å². The minimum atomic E-state index is -3.33. The topological polar surface area (TPSA) is 138 Å². The molecule has 172 valence electrons. The highest BCUT2D eigenvalue weighted by Crippen LogP contribution is 2.49. The number of rotatable bonds is 12. The fraction of sp³-hybridized carbons (Fsp3) is 0.778. The molecule has 30 heavy (non-hydrogen) atoms. The van der Waals surface area contributed by atoms with Crippen LogP contribution in [0, 0.1) is 6.92 Å². The van der Waals surface area contributed by atoms with Crippen LogP contribution in [0.4, 0.5) is 0 Å². The predicted octanol–water partition coefficient (Wildman–Crippen LogP) is 0.791. The molecule has 0 bridgehead atoms. The van der Waals surface area contributed by atoms with Crippen LogP contribution in [0.5, 0.6) is 0 Å². The fourth-order valence-electron chi connectivity index (χ4n) is 3.25. The van der Waals surface area contributed by atoms with Gasteiger partial charge in [-0.3, -0.25) is 18.9 Å². The van der Waals surface area contributed by atoms with E-state index >= 15 is 0 Å². The van der Waals surface area contributed by atoms with Crippen LogP contribution < -0.4 is 11.2 Å². The van der Waals surface area contributed by atoms with E-state index in [1.54, 1.807) is 20.8 Å². The van der Waals surface area contributed by atoms with E-state index in [1.165, 1.54) is 17.9 Å². The lowest BCUT2D eigenvalue weighted by Crippen LogP contribution is -2.40. The molecule has 4 atom stereocenters. The van der Waals surface area contributed by atoms with Crippen LogP contribution in [0.1, 0.15) is 32.1 Å². The molecule has 0 unspecified atom stereocenters. The van der Waals surface area contributed by atoms with Crippen LogP contribution in [-0.4, -0.2) is 72.7 Å². The zero-order chi connectivity index (χ0) is 22.3. The number of ether oxygens (including phenoxy) is 3. The minimum absolute atomic E-state index is 0.0352. The predicted molar refractivity (Wildman–Crippen MR) is 108 cm³/mol. The minimum Gasteiger partial charge on any atom is -0.388 e. The van der Waals surface area contributed by atoms with Crippen molar-refractivity contribution in [3.63, 3.8) is 0 Å². The summed E-state index contributed by atoms with van der Waals surface area (Å²) < 4.78 is 41.1. The van der Waals surface area contributed by atoms with Crippen molar-refractivity contribution in [2.45, 2.75) is 51.7 Å². The standard InChI is InChI=1S/C18H31N2O9P/c1-5-27-30(24,28-6-2)10-7-13-14(21)15(26-9-8-25-4)17(29-13)20-11-12(3)16(22)19-18(20)23/h11,13-15,17,21H,5-10H2,1-4H3,(H,19,22,23)/t13-,14-,15-,17+/m1/s1. The van der Waals surface area contributed by atoms with Crippen molar-refractivity contribution in [3.8, 4) is 0 Å². The van der Waals surface area contributed by atoms with Gasteiger partial charge in [-0.2, -0.15) is 0 Å². The van der Waals surface area contributed by atoms with E-state index in [9.17, 15) is 19.3 Å². The van der Waals surface area contributed by atoms with Crippen LogP contribution in [0.2, 0.25) is 0 Å². The molecule has 0 spiro atoms. The number of nitrogens with zero attached hydrogens (tertiary/aromatic N) is 1. The molecule has 12 heteroatoms. The molecule has 2 heterocycles. The molecule has 1 aliphatic rings. The SMILES string of the molecule is CCOP(=O)(CC[C@H]1O[C@H](n2cc(C)c(=O)[nH]c2=O)[C@H](OCCOC)[C@@H]1O)OCC.